The van der Waals surface area contributed by atoms with Crippen molar-refractivity contribution in [2.24, 2.45) is 0 Å². The highest BCUT2D eigenvalue weighted by Gasteiger charge is 2.22. The zero-order valence-electron chi connectivity index (χ0n) is 14.6. The molecule has 0 spiro atoms. The van der Waals surface area contributed by atoms with Crippen LogP contribution in [0.2, 0.25) is 0 Å². The number of nitrogen functional groups attached to an aromatic ring is 1. The third kappa shape index (κ3) is 2.69. The van der Waals surface area contributed by atoms with Gasteiger partial charge in [0, 0.05) is 11.3 Å². The summed E-state index contributed by atoms with van der Waals surface area (Å²) in [6.45, 7) is 3.98. The fourth-order valence-corrected chi connectivity index (χ4v) is 5.71. The molecule has 4 rings (SSSR count). The van der Waals surface area contributed by atoms with E-state index in [0.717, 1.165) is 40.3 Å². The number of thiophene rings is 1. The number of hydrogen-bond donors (Lipinski definition) is 1. The lowest BCUT2D eigenvalue weighted by Crippen LogP contribution is -2.00. The Morgan fingerprint density at radius 2 is 2.00 bits per heavy atom. The Kier molecular flexibility index (Phi) is 4.46. The molecule has 0 bridgehead atoms. The first-order valence-electron chi connectivity index (χ1n) is 8.49. The van der Waals surface area contributed by atoms with E-state index in [1.165, 1.54) is 11.3 Å². The lowest BCUT2D eigenvalue weighted by Gasteiger charge is -2.06. The van der Waals surface area contributed by atoms with Gasteiger partial charge in [-0.15, -0.1) is 21.5 Å². The van der Waals surface area contributed by atoms with Gasteiger partial charge in [0.15, 0.2) is 5.65 Å². The number of nitrogens with two attached hydrogens (primary N) is 1. The van der Waals surface area contributed by atoms with E-state index in [2.05, 4.69) is 17.1 Å². The quantitative estimate of drug-likeness (QED) is 0.565. The summed E-state index contributed by atoms with van der Waals surface area (Å²) in [5.74, 6) is 2.12. The molecule has 0 saturated heterocycles. The maximum absolute atomic E-state index is 12.7. The number of benzene rings is 1. The van der Waals surface area contributed by atoms with Crippen LogP contribution < -0.4 is 5.73 Å². The van der Waals surface area contributed by atoms with Crippen molar-refractivity contribution in [3.05, 3.63) is 36.2 Å². The van der Waals surface area contributed by atoms with Crippen molar-refractivity contribution in [1.29, 1.82) is 0 Å². The van der Waals surface area contributed by atoms with Crippen molar-refractivity contribution >= 4 is 43.7 Å². The fourth-order valence-electron chi connectivity index (χ4n) is 2.95. The predicted octanol–water partition coefficient (Wildman–Crippen LogP) is 3.80. The Morgan fingerprint density at radius 3 is 2.73 bits per heavy atom. The van der Waals surface area contributed by atoms with Crippen LogP contribution in [-0.2, 0) is 10.8 Å². The molecule has 0 aliphatic heterocycles. The van der Waals surface area contributed by atoms with Crippen molar-refractivity contribution in [1.82, 2.24) is 19.6 Å². The summed E-state index contributed by atoms with van der Waals surface area (Å²) in [6, 6.07) is 9.92. The maximum atomic E-state index is 12.7. The summed E-state index contributed by atoms with van der Waals surface area (Å²) in [5.41, 5.74) is 8.53. The van der Waals surface area contributed by atoms with Gasteiger partial charge in [0.1, 0.15) is 20.7 Å². The number of rotatable bonds is 5. The first kappa shape index (κ1) is 17.1. The molecule has 0 saturated carbocycles. The predicted molar refractivity (Wildman–Crippen MR) is 107 cm³/mol. The first-order valence-corrected chi connectivity index (χ1v) is 10.6. The number of aryl methyl sites for hydroxylation is 1. The van der Waals surface area contributed by atoms with Gasteiger partial charge < -0.3 is 5.73 Å². The minimum atomic E-state index is -1.12. The fraction of sp³-hybridized carbons (Fsp3) is 0.278. The van der Waals surface area contributed by atoms with Gasteiger partial charge >= 0.3 is 0 Å². The highest BCUT2D eigenvalue weighted by molar-refractivity contribution is 7.87. The highest BCUT2D eigenvalue weighted by atomic mass is 32.2. The van der Waals surface area contributed by atoms with E-state index >= 15 is 0 Å². The summed E-state index contributed by atoms with van der Waals surface area (Å²) in [7, 11) is -1.12. The SMILES string of the molecule is CCCCS(=O)c1sc2nc(-c3ccccc3)n3c(C)nnc3c2c1N. The Bertz CT molecular complexity index is 1120. The molecule has 134 valence electrons. The normalized spacial score (nSPS) is 12.8. The van der Waals surface area contributed by atoms with E-state index in [1.807, 2.05) is 41.7 Å². The molecule has 4 aromatic rings. The lowest BCUT2D eigenvalue weighted by molar-refractivity contribution is 0.681. The Hall–Kier alpha value is -2.32. The molecular formula is C18H19N5OS2. The van der Waals surface area contributed by atoms with E-state index in [0.29, 0.717) is 21.3 Å². The molecule has 1 unspecified atom stereocenters. The van der Waals surface area contributed by atoms with E-state index < -0.39 is 10.8 Å². The van der Waals surface area contributed by atoms with Crippen LogP contribution in [-0.4, -0.2) is 29.5 Å². The zero-order chi connectivity index (χ0) is 18.3. The Labute approximate surface area is 157 Å². The van der Waals surface area contributed by atoms with E-state index in [9.17, 15) is 4.21 Å². The Morgan fingerprint density at radius 1 is 1.23 bits per heavy atom. The monoisotopic (exact) mass is 385 g/mol. The molecule has 0 aliphatic rings. The first-order chi connectivity index (χ1) is 12.6. The second kappa shape index (κ2) is 6.77. The summed E-state index contributed by atoms with van der Waals surface area (Å²) in [4.78, 5) is 5.59. The van der Waals surface area contributed by atoms with Crippen LogP contribution >= 0.6 is 11.3 Å². The van der Waals surface area contributed by atoms with Crippen molar-refractivity contribution in [3.63, 3.8) is 0 Å². The van der Waals surface area contributed by atoms with Gasteiger partial charge in [-0.3, -0.25) is 8.61 Å². The molecule has 6 nitrogen and oxygen atoms in total. The molecule has 0 fully saturated rings. The van der Waals surface area contributed by atoms with Crippen molar-refractivity contribution < 1.29 is 4.21 Å². The largest absolute Gasteiger partial charge is 0.396 e. The number of fused-ring (bicyclic) bond motifs is 3. The van der Waals surface area contributed by atoms with Crippen molar-refractivity contribution in [3.8, 4) is 11.4 Å². The molecule has 0 aliphatic carbocycles. The summed E-state index contributed by atoms with van der Waals surface area (Å²) >= 11 is 1.40. The van der Waals surface area contributed by atoms with Crippen LogP contribution in [0, 0.1) is 6.92 Å². The van der Waals surface area contributed by atoms with Crippen LogP contribution in [0.25, 0.3) is 27.3 Å². The van der Waals surface area contributed by atoms with Gasteiger partial charge in [0.05, 0.1) is 21.9 Å². The summed E-state index contributed by atoms with van der Waals surface area (Å²) < 4.78 is 15.3. The number of hydrogen-bond acceptors (Lipinski definition) is 6. The zero-order valence-corrected chi connectivity index (χ0v) is 16.2. The minimum absolute atomic E-state index is 0.518. The van der Waals surface area contributed by atoms with E-state index in [4.69, 9.17) is 10.7 Å². The number of nitrogens with zero attached hydrogens (tertiary/aromatic N) is 4. The molecule has 0 amide bonds. The smallest absolute Gasteiger partial charge is 0.175 e. The van der Waals surface area contributed by atoms with Gasteiger partial charge in [-0.1, -0.05) is 43.7 Å². The van der Waals surface area contributed by atoms with Gasteiger partial charge in [-0.25, -0.2) is 4.98 Å². The van der Waals surface area contributed by atoms with E-state index in [1.54, 1.807) is 0 Å². The average Bonchev–Trinajstić information content (AvgIpc) is 3.20. The Balaban J connectivity index is 2.00. The molecule has 3 aromatic heterocycles. The molecule has 1 atom stereocenters. The van der Waals surface area contributed by atoms with Crippen LogP contribution in [0.15, 0.2) is 34.5 Å². The third-order valence-corrected chi connectivity index (χ3v) is 7.28. The van der Waals surface area contributed by atoms with Gasteiger partial charge in [0.2, 0.25) is 0 Å². The van der Waals surface area contributed by atoms with Crippen molar-refractivity contribution in [2.45, 2.75) is 30.9 Å². The van der Waals surface area contributed by atoms with Crippen LogP contribution in [0.5, 0.6) is 0 Å². The van der Waals surface area contributed by atoms with Gasteiger partial charge in [0.25, 0.3) is 0 Å². The molecule has 3 heterocycles. The van der Waals surface area contributed by atoms with Crippen LogP contribution in [0.1, 0.15) is 25.6 Å². The highest BCUT2D eigenvalue weighted by Crippen LogP contribution is 2.39. The maximum Gasteiger partial charge on any atom is 0.175 e. The number of unbranched alkanes of at least 4 members (excludes halogenated alkanes) is 1. The van der Waals surface area contributed by atoms with Gasteiger partial charge in [-0.05, 0) is 13.3 Å². The van der Waals surface area contributed by atoms with Crippen LogP contribution in [0.3, 0.4) is 0 Å². The van der Waals surface area contributed by atoms with Crippen LogP contribution in [0.4, 0.5) is 5.69 Å². The third-order valence-electron chi connectivity index (χ3n) is 4.28. The topological polar surface area (TPSA) is 86.2 Å². The minimum Gasteiger partial charge on any atom is -0.396 e. The standard InChI is InChI=1S/C18H19N5OS2/c1-3-4-10-26(24)18-14(19)13-16-22-21-11(2)23(16)15(20-17(13)25-18)12-8-6-5-7-9-12/h5-9H,3-4,10,19H2,1-2H3. The van der Waals surface area contributed by atoms with Crippen molar-refractivity contribution in [2.75, 3.05) is 11.5 Å². The second-order valence-corrected chi connectivity index (χ2v) is 8.86. The molecule has 0 radical (unpaired) electrons. The molecular weight excluding hydrogens is 366 g/mol. The molecule has 26 heavy (non-hydrogen) atoms. The molecule has 1 aromatic carbocycles. The number of anilines is 1. The molecule has 2 N–H and O–H groups in total. The molecule has 8 heteroatoms. The average molecular weight is 386 g/mol. The number of aromatic nitrogens is 4. The summed E-state index contributed by atoms with van der Waals surface area (Å²) in [5, 5.41) is 9.30. The second-order valence-electron chi connectivity index (χ2n) is 6.09. The summed E-state index contributed by atoms with van der Waals surface area (Å²) in [6.07, 6.45) is 1.91. The van der Waals surface area contributed by atoms with Gasteiger partial charge in [-0.2, -0.15) is 0 Å². The van der Waals surface area contributed by atoms with E-state index in [-0.39, 0.29) is 0 Å². The lowest BCUT2D eigenvalue weighted by atomic mass is 10.2.